The van der Waals surface area contributed by atoms with Crippen LogP contribution in [0.4, 0.5) is 11.6 Å². The van der Waals surface area contributed by atoms with Crippen LogP contribution in [0.15, 0.2) is 60.1 Å². The van der Waals surface area contributed by atoms with Gasteiger partial charge in [-0.1, -0.05) is 17.7 Å². The number of nitrogens with one attached hydrogen (secondary N) is 2. The van der Waals surface area contributed by atoms with Crippen molar-refractivity contribution in [2.24, 2.45) is 0 Å². The number of anilines is 2. The van der Waals surface area contributed by atoms with Crippen LogP contribution in [0.5, 0.6) is 11.5 Å². The molecule has 0 radical (unpaired) electrons. The molecule has 1 unspecified atom stereocenters. The number of amides is 1. The Balaban J connectivity index is 1.77. The monoisotopic (exact) mass is 411 g/mol. The molecule has 1 aliphatic rings. The van der Waals surface area contributed by atoms with Crippen molar-refractivity contribution in [3.05, 3.63) is 70.6 Å². The molecule has 3 aromatic rings. The number of phenolic OH excluding ortho intramolecular Hbond substituents is 1. The average molecular weight is 412 g/mol. The molecule has 2 heterocycles. The molecule has 0 aliphatic carbocycles. The summed E-state index contributed by atoms with van der Waals surface area (Å²) < 4.78 is 6.86. The first-order chi connectivity index (χ1) is 14.0. The molecule has 1 aliphatic heterocycles. The molecule has 0 fully saturated rings. The van der Waals surface area contributed by atoms with E-state index >= 15 is 0 Å². The molecule has 0 saturated heterocycles. The topological polar surface area (TPSA) is 101 Å². The summed E-state index contributed by atoms with van der Waals surface area (Å²) in [5.41, 5.74) is 2.44. The van der Waals surface area contributed by atoms with Crippen molar-refractivity contribution in [3.8, 4) is 11.5 Å². The fourth-order valence-corrected chi connectivity index (χ4v) is 3.42. The second-order valence-electron chi connectivity index (χ2n) is 6.49. The average Bonchev–Trinajstić information content (AvgIpc) is 3.17. The van der Waals surface area contributed by atoms with Gasteiger partial charge in [-0.3, -0.25) is 4.79 Å². The summed E-state index contributed by atoms with van der Waals surface area (Å²) in [5, 5.41) is 20.8. The zero-order valence-corrected chi connectivity index (χ0v) is 16.4. The molecular formula is C20H18ClN5O3. The summed E-state index contributed by atoms with van der Waals surface area (Å²) in [6, 6.07) is 11.2. The zero-order chi connectivity index (χ0) is 20.5. The number of fused-ring (bicyclic) bond motifs is 1. The number of ether oxygens (including phenoxy) is 1. The number of methoxy groups -OCH3 is 1. The predicted octanol–water partition coefficient (Wildman–Crippen LogP) is 3.57. The molecule has 148 valence electrons. The van der Waals surface area contributed by atoms with Crippen molar-refractivity contribution in [2.45, 2.75) is 13.0 Å². The predicted molar refractivity (Wildman–Crippen MR) is 109 cm³/mol. The minimum Gasteiger partial charge on any atom is -0.504 e. The van der Waals surface area contributed by atoms with E-state index in [1.807, 2.05) is 0 Å². The lowest BCUT2D eigenvalue weighted by molar-refractivity contribution is -0.113. The number of hydrogen-bond donors (Lipinski definition) is 3. The summed E-state index contributed by atoms with van der Waals surface area (Å²) >= 11 is 5.93. The van der Waals surface area contributed by atoms with E-state index in [0.29, 0.717) is 39.2 Å². The molecule has 8 nitrogen and oxygen atoms in total. The van der Waals surface area contributed by atoms with E-state index < -0.39 is 6.04 Å². The number of allylic oxidation sites excluding steroid dienone is 1. The second kappa shape index (κ2) is 7.48. The summed E-state index contributed by atoms with van der Waals surface area (Å²) in [6.45, 7) is 1.81. The van der Waals surface area contributed by atoms with Crippen LogP contribution in [0.25, 0.3) is 0 Å². The molecule has 1 aromatic heterocycles. The van der Waals surface area contributed by atoms with Crippen LogP contribution >= 0.6 is 11.6 Å². The van der Waals surface area contributed by atoms with E-state index in [9.17, 15) is 9.90 Å². The van der Waals surface area contributed by atoms with Crippen molar-refractivity contribution in [1.82, 2.24) is 14.8 Å². The Morgan fingerprint density at radius 3 is 2.76 bits per heavy atom. The lowest BCUT2D eigenvalue weighted by Crippen LogP contribution is -2.31. The van der Waals surface area contributed by atoms with Gasteiger partial charge in [0.2, 0.25) is 5.95 Å². The van der Waals surface area contributed by atoms with Crippen molar-refractivity contribution in [3.63, 3.8) is 0 Å². The first-order valence-corrected chi connectivity index (χ1v) is 9.17. The summed E-state index contributed by atoms with van der Waals surface area (Å²) in [6.07, 6.45) is 1.42. The van der Waals surface area contributed by atoms with Gasteiger partial charge in [0.15, 0.2) is 11.5 Å². The number of carbonyl (C=O) groups excluding carboxylic acids is 1. The lowest BCUT2D eigenvalue weighted by atomic mass is 9.94. The van der Waals surface area contributed by atoms with Gasteiger partial charge < -0.3 is 20.5 Å². The van der Waals surface area contributed by atoms with Gasteiger partial charge in [-0.05, 0) is 48.9 Å². The van der Waals surface area contributed by atoms with Gasteiger partial charge in [-0.2, -0.15) is 10.1 Å². The quantitative estimate of drug-likeness (QED) is 0.606. The van der Waals surface area contributed by atoms with Gasteiger partial charge in [0.1, 0.15) is 12.4 Å². The van der Waals surface area contributed by atoms with Crippen molar-refractivity contribution in [1.29, 1.82) is 0 Å². The summed E-state index contributed by atoms with van der Waals surface area (Å²) in [5.74, 6) is 0.535. The number of aromatic nitrogens is 3. The van der Waals surface area contributed by atoms with E-state index in [2.05, 4.69) is 20.7 Å². The maximum Gasteiger partial charge on any atom is 0.255 e. The maximum atomic E-state index is 13.2. The molecule has 0 saturated carbocycles. The highest BCUT2D eigenvalue weighted by Gasteiger charge is 2.33. The molecule has 2 aromatic carbocycles. The molecular weight excluding hydrogens is 394 g/mol. The van der Waals surface area contributed by atoms with Crippen LogP contribution in [0.1, 0.15) is 18.5 Å². The first-order valence-electron chi connectivity index (χ1n) is 8.79. The van der Waals surface area contributed by atoms with Gasteiger partial charge in [-0.25, -0.2) is 4.68 Å². The molecule has 3 N–H and O–H groups in total. The van der Waals surface area contributed by atoms with Crippen LogP contribution in [-0.4, -0.2) is 32.9 Å². The minimum atomic E-state index is -0.560. The normalized spacial score (nSPS) is 15.5. The maximum absolute atomic E-state index is 13.2. The third-order valence-corrected chi connectivity index (χ3v) is 4.91. The third-order valence-electron chi connectivity index (χ3n) is 4.66. The molecule has 1 amide bonds. The van der Waals surface area contributed by atoms with Crippen molar-refractivity contribution < 1.29 is 14.6 Å². The molecule has 0 bridgehead atoms. The van der Waals surface area contributed by atoms with Crippen LogP contribution in [0.3, 0.4) is 0 Å². The van der Waals surface area contributed by atoms with E-state index in [1.165, 1.54) is 19.5 Å². The highest BCUT2D eigenvalue weighted by molar-refractivity contribution is 6.30. The van der Waals surface area contributed by atoms with E-state index in [1.54, 1.807) is 48.0 Å². The SMILES string of the molecule is COc1cc(C2C(C(=O)Nc3ccc(Cl)cc3)=C(C)Nc3ncnn32)ccc1O. The number of aromatic hydroxyl groups is 1. The van der Waals surface area contributed by atoms with Gasteiger partial charge in [0.05, 0.1) is 12.7 Å². The second-order valence-corrected chi connectivity index (χ2v) is 6.92. The number of carbonyl (C=O) groups is 1. The Bertz CT molecular complexity index is 1110. The highest BCUT2D eigenvalue weighted by atomic mass is 35.5. The standard InChI is InChI=1S/C20H18ClN5O3/c1-11-17(19(28)25-14-6-4-13(21)5-7-14)18(26-20(24-11)22-10-23-26)12-3-8-15(27)16(9-12)29-2/h3-10,18,27H,1-2H3,(H,25,28)(H,22,23,24). The Hall–Kier alpha value is -3.52. The Labute approximate surface area is 171 Å². The fraction of sp³-hybridized carbons (Fsp3) is 0.150. The smallest absolute Gasteiger partial charge is 0.255 e. The van der Waals surface area contributed by atoms with E-state index in [4.69, 9.17) is 16.3 Å². The number of nitrogens with zero attached hydrogens (tertiary/aromatic N) is 3. The minimum absolute atomic E-state index is 0.0110. The van der Waals surface area contributed by atoms with E-state index in [-0.39, 0.29) is 11.7 Å². The summed E-state index contributed by atoms with van der Waals surface area (Å²) in [7, 11) is 1.47. The Morgan fingerprint density at radius 1 is 1.28 bits per heavy atom. The number of benzene rings is 2. The molecule has 29 heavy (non-hydrogen) atoms. The van der Waals surface area contributed by atoms with Crippen LogP contribution in [-0.2, 0) is 4.79 Å². The van der Waals surface area contributed by atoms with Crippen LogP contribution in [0.2, 0.25) is 5.02 Å². The fourth-order valence-electron chi connectivity index (χ4n) is 3.29. The van der Waals surface area contributed by atoms with Crippen molar-refractivity contribution >= 4 is 29.1 Å². The summed E-state index contributed by atoms with van der Waals surface area (Å²) in [4.78, 5) is 17.4. The zero-order valence-electron chi connectivity index (χ0n) is 15.7. The van der Waals surface area contributed by atoms with Gasteiger partial charge >= 0.3 is 0 Å². The van der Waals surface area contributed by atoms with Crippen LogP contribution in [0, 0.1) is 0 Å². The number of rotatable bonds is 4. The largest absolute Gasteiger partial charge is 0.504 e. The van der Waals surface area contributed by atoms with E-state index in [0.717, 1.165) is 0 Å². The van der Waals surface area contributed by atoms with Gasteiger partial charge in [0, 0.05) is 16.4 Å². The Morgan fingerprint density at radius 2 is 2.03 bits per heavy atom. The lowest BCUT2D eigenvalue weighted by Gasteiger charge is -2.29. The molecule has 1 atom stereocenters. The number of hydrogen-bond acceptors (Lipinski definition) is 6. The number of halogens is 1. The third kappa shape index (κ3) is 3.50. The molecule has 4 rings (SSSR count). The number of phenols is 1. The highest BCUT2D eigenvalue weighted by Crippen LogP contribution is 2.38. The molecule has 9 heteroatoms. The molecule has 0 spiro atoms. The van der Waals surface area contributed by atoms with Gasteiger partial charge in [-0.15, -0.1) is 0 Å². The first kappa shape index (κ1) is 18.8. The van der Waals surface area contributed by atoms with Gasteiger partial charge in [0.25, 0.3) is 5.91 Å². The van der Waals surface area contributed by atoms with Crippen molar-refractivity contribution in [2.75, 3.05) is 17.7 Å². The Kier molecular flexibility index (Phi) is 4.85. The van der Waals surface area contributed by atoms with Crippen LogP contribution < -0.4 is 15.4 Å².